The van der Waals surface area contributed by atoms with Gasteiger partial charge in [0.25, 0.3) is 0 Å². The van der Waals surface area contributed by atoms with Gasteiger partial charge in [0.15, 0.2) is 0 Å². The Labute approximate surface area is 91.2 Å². The first-order valence-electron chi connectivity index (χ1n) is 5.51. The van der Waals surface area contributed by atoms with Gasteiger partial charge in [0.05, 0.1) is 5.69 Å². The third kappa shape index (κ3) is 1.65. The van der Waals surface area contributed by atoms with E-state index in [0.717, 1.165) is 18.5 Å². The van der Waals surface area contributed by atoms with Crippen LogP contribution in [0, 0.1) is 0 Å². The van der Waals surface area contributed by atoms with Crippen LogP contribution in [0.2, 0.25) is 0 Å². The smallest absolute Gasteiger partial charge is 0.0740 e. The summed E-state index contributed by atoms with van der Waals surface area (Å²) in [6.45, 7) is 4.93. The van der Waals surface area contributed by atoms with Crippen LogP contribution in [0.3, 0.4) is 0 Å². The second-order valence-electron chi connectivity index (χ2n) is 3.88. The van der Waals surface area contributed by atoms with Crippen molar-refractivity contribution in [2.75, 3.05) is 6.54 Å². The van der Waals surface area contributed by atoms with Gasteiger partial charge in [-0.05, 0) is 37.4 Å². The third-order valence-electron chi connectivity index (χ3n) is 2.94. The molecule has 2 N–H and O–H groups in total. The monoisotopic (exact) mass is 201 g/mol. The molecule has 0 saturated heterocycles. The molecule has 0 unspecified atom stereocenters. The Balaban J connectivity index is 2.45. The highest BCUT2D eigenvalue weighted by Gasteiger charge is 2.21. The van der Waals surface area contributed by atoms with Gasteiger partial charge < -0.3 is 5.73 Å². The number of benzene rings is 1. The largest absolute Gasteiger partial charge is 0.330 e. The Morgan fingerprint density at radius 2 is 2.13 bits per heavy atom. The SMILES string of the molecule is CCc1cccc2c1[N]C(C)=C2CCN. The average molecular weight is 201 g/mol. The fourth-order valence-corrected chi connectivity index (χ4v) is 2.14. The molecule has 0 aliphatic carbocycles. The molecule has 0 fully saturated rings. The number of nitrogens with zero attached hydrogens (tertiary/aromatic N) is 1. The molecule has 1 heterocycles. The summed E-state index contributed by atoms with van der Waals surface area (Å²) in [6.07, 6.45) is 1.96. The number of nitrogens with two attached hydrogens (primary N) is 1. The summed E-state index contributed by atoms with van der Waals surface area (Å²) in [7, 11) is 0. The van der Waals surface area contributed by atoms with E-state index in [1.54, 1.807) is 0 Å². The average Bonchev–Trinajstić information content (AvgIpc) is 2.56. The van der Waals surface area contributed by atoms with Crippen LogP contribution < -0.4 is 11.1 Å². The molecular formula is C13H17N2. The van der Waals surface area contributed by atoms with Gasteiger partial charge in [0, 0.05) is 11.3 Å². The summed E-state index contributed by atoms with van der Waals surface area (Å²) in [6, 6.07) is 6.42. The zero-order valence-electron chi connectivity index (χ0n) is 9.38. The quantitative estimate of drug-likeness (QED) is 0.802. The molecule has 0 amide bonds. The van der Waals surface area contributed by atoms with E-state index < -0.39 is 0 Å². The van der Waals surface area contributed by atoms with Crippen molar-refractivity contribution < 1.29 is 0 Å². The van der Waals surface area contributed by atoms with Crippen LogP contribution >= 0.6 is 0 Å². The van der Waals surface area contributed by atoms with E-state index in [2.05, 4.69) is 37.4 Å². The van der Waals surface area contributed by atoms with Crippen LogP contribution in [0.25, 0.3) is 5.57 Å². The third-order valence-corrected chi connectivity index (χ3v) is 2.94. The van der Waals surface area contributed by atoms with Gasteiger partial charge in [-0.2, -0.15) is 0 Å². The number of hydrogen-bond donors (Lipinski definition) is 1. The van der Waals surface area contributed by atoms with Crippen LogP contribution in [0.1, 0.15) is 31.4 Å². The summed E-state index contributed by atoms with van der Waals surface area (Å²) in [5.74, 6) is 0. The lowest BCUT2D eigenvalue weighted by atomic mass is 9.99. The summed E-state index contributed by atoms with van der Waals surface area (Å²) in [4.78, 5) is 0. The minimum atomic E-state index is 0.692. The maximum atomic E-state index is 5.62. The molecule has 1 aliphatic rings. The van der Waals surface area contributed by atoms with Crippen molar-refractivity contribution in [1.82, 2.24) is 5.32 Å². The van der Waals surface area contributed by atoms with Gasteiger partial charge in [-0.25, -0.2) is 0 Å². The number of rotatable bonds is 3. The highest BCUT2D eigenvalue weighted by Crippen LogP contribution is 2.38. The number of allylic oxidation sites excluding steroid dienone is 1. The van der Waals surface area contributed by atoms with E-state index in [9.17, 15) is 0 Å². The van der Waals surface area contributed by atoms with Crippen LogP contribution in [0.5, 0.6) is 0 Å². The molecule has 1 aromatic rings. The van der Waals surface area contributed by atoms with Crippen molar-refractivity contribution >= 4 is 11.3 Å². The summed E-state index contributed by atoms with van der Waals surface area (Å²) >= 11 is 0. The standard InChI is InChI=1S/C13H17N2/c1-3-10-5-4-6-12-11(7-8-14)9(2)15-13(10)12/h4-6H,3,7-8,14H2,1-2H3. The van der Waals surface area contributed by atoms with Crippen LogP contribution in [0.15, 0.2) is 23.9 Å². The minimum absolute atomic E-state index is 0.692. The Bertz CT molecular complexity index is 405. The van der Waals surface area contributed by atoms with Gasteiger partial charge in [0.1, 0.15) is 0 Å². The maximum absolute atomic E-state index is 5.62. The number of aryl methyl sites for hydroxylation is 1. The van der Waals surface area contributed by atoms with E-state index in [4.69, 9.17) is 5.73 Å². The van der Waals surface area contributed by atoms with E-state index in [0.29, 0.717) is 6.54 Å². The van der Waals surface area contributed by atoms with E-state index in [1.807, 2.05) is 0 Å². The molecule has 79 valence electrons. The molecule has 0 atom stereocenters. The fraction of sp³-hybridized carbons (Fsp3) is 0.385. The van der Waals surface area contributed by atoms with Crippen molar-refractivity contribution in [1.29, 1.82) is 0 Å². The Morgan fingerprint density at radius 1 is 1.33 bits per heavy atom. The van der Waals surface area contributed by atoms with Crippen LogP contribution in [-0.4, -0.2) is 6.54 Å². The van der Waals surface area contributed by atoms with Gasteiger partial charge in [-0.15, -0.1) is 0 Å². The second-order valence-corrected chi connectivity index (χ2v) is 3.88. The number of para-hydroxylation sites is 1. The van der Waals surface area contributed by atoms with E-state index in [-0.39, 0.29) is 0 Å². The minimum Gasteiger partial charge on any atom is -0.330 e. The molecule has 1 radical (unpaired) electrons. The first-order chi connectivity index (χ1) is 7.27. The second kappa shape index (κ2) is 4.07. The molecular weight excluding hydrogens is 184 g/mol. The molecule has 2 heteroatoms. The van der Waals surface area contributed by atoms with Gasteiger partial charge in [0.2, 0.25) is 0 Å². The topological polar surface area (TPSA) is 40.1 Å². The molecule has 2 nitrogen and oxygen atoms in total. The van der Waals surface area contributed by atoms with Crippen molar-refractivity contribution in [3.05, 3.63) is 35.0 Å². The highest BCUT2D eigenvalue weighted by atomic mass is 14.9. The molecule has 0 saturated carbocycles. The van der Waals surface area contributed by atoms with Crippen LogP contribution in [-0.2, 0) is 6.42 Å². The molecule has 0 bridgehead atoms. The molecule has 2 rings (SSSR count). The maximum Gasteiger partial charge on any atom is 0.0740 e. The number of hydrogen-bond acceptors (Lipinski definition) is 1. The Kier molecular flexibility index (Phi) is 2.78. The predicted molar refractivity (Wildman–Crippen MR) is 63.9 cm³/mol. The lowest BCUT2D eigenvalue weighted by molar-refractivity contribution is 1.000. The van der Waals surface area contributed by atoms with Gasteiger partial charge in [-0.1, -0.05) is 25.1 Å². The molecule has 15 heavy (non-hydrogen) atoms. The molecule has 1 aromatic carbocycles. The molecule has 0 spiro atoms. The van der Waals surface area contributed by atoms with Gasteiger partial charge in [-0.3, -0.25) is 5.32 Å². The lowest BCUT2D eigenvalue weighted by Gasteiger charge is -2.06. The van der Waals surface area contributed by atoms with Crippen molar-refractivity contribution in [2.24, 2.45) is 5.73 Å². The molecule has 0 aromatic heterocycles. The zero-order valence-corrected chi connectivity index (χ0v) is 9.38. The normalized spacial score (nSPS) is 14.1. The van der Waals surface area contributed by atoms with Crippen molar-refractivity contribution in [3.63, 3.8) is 0 Å². The summed E-state index contributed by atoms with van der Waals surface area (Å²) in [5, 5.41) is 4.65. The van der Waals surface area contributed by atoms with Crippen molar-refractivity contribution in [2.45, 2.75) is 26.7 Å². The summed E-state index contributed by atoms with van der Waals surface area (Å²) < 4.78 is 0. The number of fused-ring (bicyclic) bond motifs is 1. The Hall–Kier alpha value is -1.28. The first kappa shape index (κ1) is 10.2. The van der Waals surface area contributed by atoms with Crippen molar-refractivity contribution in [3.8, 4) is 0 Å². The van der Waals surface area contributed by atoms with E-state index in [1.165, 1.54) is 22.4 Å². The molecule has 1 aliphatic heterocycles. The van der Waals surface area contributed by atoms with Gasteiger partial charge >= 0.3 is 0 Å². The lowest BCUT2D eigenvalue weighted by Crippen LogP contribution is -1.99. The zero-order chi connectivity index (χ0) is 10.8. The first-order valence-corrected chi connectivity index (χ1v) is 5.51. The van der Waals surface area contributed by atoms with E-state index >= 15 is 0 Å². The summed E-state index contributed by atoms with van der Waals surface area (Å²) in [5.41, 5.74) is 11.9. The van der Waals surface area contributed by atoms with Crippen LogP contribution in [0.4, 0.5) is 5.69 Å². The predicted octanol–water partition coefficient (Wildman–Crippen LogP) is 2.58. The highest BCUT2D eigenvalue weighted by molar-refractivity contribution is 5.83. The fourth-order valence-electron chi connectivity index (χ4n) is 2.14. The Morgan fingerprint density at radius 3 is 2.80 bits per heavy atom.